The number of halogens is 1. The van der Waals surface area contributed by atoms with E-state index in [1.807, 2.05) is 0 Å². The van der Waals surface area contributed by atoms with Crippen LogP contribution in [0.4, 0.5) is 4.39 Å². The van der Waals surface area contributed by atoms with Crippen molar-refractivity contribution in [3.8, 4) is 0 Å². The Morgan fingerprint density at radius 1 is 1.33 bits per heavy atom. The van der Waals surface area contributed by atoms with Crippen molar-refractivity contribution in [2.45, 2.75) is 57.0 Å². The van der Waals surface area contributed by atoms with Crippen LogP contribution in [0.25, 0.3) is 0 Å². The minimum atomic E-state index is -0.697. The highest BCUT2D eigenvalue weighted by Crippen LogP contribution is 2.36. The van der Waals surface area contributed by atoms with Gasteiger partial charge < -0.3 is 10.2 Å². The van der Waals surface area contributed by atoms with E-state index in [-0.39, 0.29) is 11.8 Å². The van der Waals surface area contributed by atoms with Crippen LogP contribution in [0.3, 0.4) is 0 Å². The van der Waals surface area contributed by atoms with E-state index in [2.05, 4.69) is 5.32 Å². The van der Waals surface area contributed by atoms with Crippen LogP contribution in [0.2, 0.25) is 0 Å². The van der Waals surface area contributed by atoms with Gasteiger partial charge >= 0.3 is 0 Å². The van der Waals surface area contributed by atoms with Gasteiger partial charge in [-0.1, -0.05) is 19.3 Å². The summed E-state index contributed by atoms with van der Waals surface area (Å²) in [5.74, 6) is -0.113. The standard InChI is InChI=1S/C13H21FN2O2/c1-10-11(17)16(9-5-8-14)13(12(18)15-10)6-3-2-4-7-13/h10H,2-9H2,1H3,(H,15,18). The maximum atomic E-state index is 12.4. The zero-order chi connectivity index (χ0) is 13.2. The van der Waals surface area contributed by atoms with Gasteiger partial charge in [0.15, 0.2) is 0 Å². The van der Waals surface area contributed by atoms with Crippen molar-refractivity contribution in [1.82, 2.24) is 10.2 Å². The highest BCUT2D eigenvalue weighted by atomic mass is 19.1. The molecule has 0 aromatic carbocycles. The maximum Gasteiger partial charge on any atom is 0.246 e. The molecule has 1 saturated carbocycles. The van der Waals surface area contributed by atoms with Gasteiger partial charge in [0, 0.05) is 6.54 Å². The Bertz CT molecular complexity index is 340. The number of nitrogens with one attached hydrogen (secondary N) is 1. The highest BCUT2D eigenvalue weighted by molar-refractivity contribution is 5.99. The minimum Gasteiger partial charge on any atom is -0.343 e. The molecule has 1 spiro atoms. The van der Waals surface area contributed by atoms with Crippen molar-refractivity contribution in [2.75, 3.05) is 13.2 Å². The summed E-state index contributed by atoms with van der Waals surface area (Å²) in [7, 11) is 0. The number of piperazine rings is 1. The lowest BCUT2D eigenvalue weighted by Gasteiger charge is -2.49. The fraction of sp³-hybridized carbons (Fsp3) is 0.846. The van der Waals surface area contributed by atoms with Crippen LogP contribution in [0.1, 0.15) is 45.4 Å². The molecule has 1 saturated heterocycles. The number of carbonyl (C=O) groups is 2. The maximum absolute atomic E-state index is 12.4. The summed E-state index contributed by atoms with van der Waals surface area (Å²) in [4.78, 5) is 26.2. The number of amides is 2. The molecule has 18 heavy (non-hydrogen) atoms. The van der Waals surface area contributed by atoms with Gasteiger partial charge in [-0.25, -0.2) is 0 Å². The molecule has 1 atom stereocenters. The second-order valence-electron chi connectivity index (χ2n) is 5.32. The average molecular weight is 256 g/mol. The summed E-state index contributed by atoms with van der Waals surface area (Å²) >= 11 is 0. The molecular weight excluding hydrogens is 235 g/mol. The molecule has 2 aliphatic rings. The van der Waals surface area contributed by atoms with Crippen LogP contribution in [0, 0.1) is 0 Å². The number of hydrogen-bond donors (Lipinski definition) is 1. The normalized spacial score (nSPS) is 27.4. The van der Waals surface area contributed by atoms with Crippen LogP contribution in [-0.4, -0.2) is 41.5 Å². The summed E-state index contributed by atoms with van der Waals surface area (Å²) in [6, 6.07) is -0.482. The smallest absolute Gasteiger partial charge is 0.246 e. The van der Waals surface area contributed by atoms with E-state index in [0.717, 1.165) is 19.3 Å². The number of nitrogens with zero attached hydrogens (tertiary/aromatic N) is 1. The third kappa shape index (κ3) is 2.10. The van der Waals surface area contributed by atoms with Gasteiger partial charge in [0.25, 0.3) is 0 Å². The Morgan fingerprint density at radius 3 is 2.61 bits per heavy atom. The Hall–Kier alpha value is -1.13. The van der Waals surface area contributed by atoms with Crippen LogP contribution in [0.15, 0.2) is 0 Å². The first kappa shape index (κ1) is 13.3. The van der Waals surface area contributed by atoms with E-state index in [1.165, 1.54) is 0 Å². The Balaban J connectivity index is 2.25. The van der Waals surface area contributed by atoms with E-state index in [9.17, 15) is 14.0 Å². The van der Waals surface area contributed by atoms with Gasteiger partial charge in [-0.2, -0.15) is 0 Å². The number of rotatable bonds is 3. The Kier molecular flexibility index (Phi) is 3.88. The quantitative estimate of drug-likeness (QED) is 0.829. The van der Waals surface area contributed by atoms with Crippen molar-refractivity contribution in [3.63, 3.8) is 0 Å². The monoisotopic (exact) mass is 256 g/mol. The molecule has 1 heterocycles. The summed E-state index contributed by atoms with van der Waals surface area (Å²) in [5, 5.41) is 2.77. The van der Waals surface area contributed by atoms with Gasteiger partial charge in [0.1, 0.15) is 11.6 Å². The predicted octanol–water partition coefficient (Wildman–Crippen LogP) is 1.40. The molecule has 2 rings (SSSR count). The van der Waals surface area contributed by atoms with Crippen LogP contribution in [-0.2, 0) is 9.59 Å². The predicted molar refractivity (Wildman–Crippen MR) is 65.7 cm³/mol. The fourth-order valence-corrected chi connectivity index (χ4v) is 3.14. The van der Waals surface area contributed by atoms with Crippen molar-refractivity contribution >= 4 is 11.8 Å². The van der Waals surface area contributed by atoms with E-state index < -0.39 is 18.3 Å². The van der Waals surface area contributed by atoms with E-state index >= 15 is 0 Å². The second-order valence-corrected chi connectivity index (χ2v) is 5.32. The lowest BCUT2D eigenvalue weighted by atomic mass is 9.77. The summed E-state index contributed by atoms with van der Waals surface area (Å²) in [5.41, 5.74) is -0.697. The van der Waals surface area contributed by atoms with Crippen molar-refractivity contribution in [2.24, 2.45) is 0 Å². The van der Waals surface area contributed by atoms with Gasteiger partial charge in [-0.3, -0.25) is 14.0 Å². The third-order valence-corrected chi connectivity index (χ3v) is 4.12. The van der Waals surface area contributed by atoms with E-state index in [1.54, 1.807) is 11.8 Å². The summed E-state index contributed by atoms with van der Waals surface area (Å²) < 4.78 is 12.4. The molecule has 0 aromatic rings. The highest BCUT2D eigenvalue weighted by Gasteiger charge is 2.51. The van der Waals surface area contributed by atoms with Crippen LogP contribution >= 0.6 is 0 Å². The molecule has 1 unspecified atom stereocenters. The molecule has 0 bridgehead atoms. The number of hydrogen-bond acceptors (Lipinski definition) is 2. The molecule has 4 nitrogen and oxygen atoms in total. The number of carbonyl (C=O) groups excluding carboxylic acids is 2. The van der Waals surface area contributed by atoms with E-state index in [4.69, 9.17) is 0 Å². The molecule has 1 aliphatic carbocycles. The van der Waals surface area contributed by atoms with Crippen molar-refractivity contribution < 1.29 is 14.0 Å². The van der Waals surface area contributed by atoms with Crippen molar-refractivity contribution in [1.29, 1.82) is 0 Å². The zero-order valence-electron chi connectivity index (χ0n) is 10.9. The molecule has 102 valence electrons. The largest absolute Gasteiger partial charge is 0.343 e. The fourth-order valence-electron chi connectivity index (χ4n) is 3.14. The molecule has 1 aliphatic heterocycles. The molecule has 5 heteroatoms. The SMILES string of the molecule is CC1NC(=O)C2(CCCCC2)N(CCCF)C1=O. The van der Waals surface area contributed by atoms with Crippen molar-refractivity contribution in [3.05, 3.63) is 0 Å². The topological polar surface area (TPSA) is 49.4 Å². The first-order chi connectivity index (χ1) is 8.62. The number of alkyl halides is 1. The summed E-state index contributed by atoms with van der Waals surface area (Å²) in [6.45, 7) is 1.60. The van der Waals surface area contributed by atoms with Crippen LogP contribution < -0.4 is 5.32 Å². The minimum absolute atomic E-state index is 0.0480. The molecule has 2 fully saturated rings. The molecule has 0 aromatic heterocycles. The van der Waals surface area contributed by atoms with Gasteiger partial charge in [0.05, 0.1) is 6.67 Å². The molecule has 2 amide bonds. The average Bonchev–Trinajstić information content (AvgIpc) is 2.38. The Labute approximate surface area is 107 Å². The third-order valence-electron chi connectivity index (χ3n) is 4.12. The second kappa shape index (κ2) is 5.24. The lowest BCUT2D eigenvalue weighted by Crippen LogP contribution is -2.70. The van der Waals surface area contributed by atoms with E-state index in [0.29, 0.717) is 25.8 Å². The lowest BCUT2D eigenvalue weighted by molar-refractivity contribution is -0.159. The van der Waals surface area contributed by atoms with Gasteiger partial charge in [-0.05, 0) is 26.2 Å². The van der Waals surface area contributed by atoms with Crippen LogP contribution in [0.5, 0.6) is 0 Å². The zero-order valence-corrected chi connectivity index (χ0v) is 10.9. The van der Waals surface area contributed by atoms with Gasteiger partial charge in [0.2, 0.25) is 11.8 Å². The van der Waals surface area contributed by atoms with Gasteiger partial charge in [-0.15, -0.1) is 0 Å². The first-order valence-corrected chi connectivity index (χ1v) is 6.80. The molecule has 0 radical (unpaired) electrons. The molecule has 1 N–H and O–H groups in total. The Morgan fingerprint density at radius 2 is 2.00 bits per heavy atom. The molecular formula is C13H21FN2O2. The summed E-state index contributed by atoms with van der Waals surface area (Å²) in [6.07, 6.45) is 4.76. The first-order valence-electron chi connectivity index (χ1n) is 6.80.